The minimum atomic E-state index is -0.963. The van der Waals surface area contributed by atoms with E-state index in [0.717, 1.165) is 81.8 Å². The average molecular weight is 886 g/mol. The summed E-state index contributed by atoms with van der Waals surface area (Å²) < 4.78 is 17.7. The Kier molecular flexibility index (Phi) is 9.77. The lowest BCUT2D eigenvalue weighted by Crippen LogP contribution is -2.71. The molecule has 11 rings (SSSR count). The van der Waals surface area contributed by atoms with Crippen LogP contribution in [0.3, 0.4) is 0 Å². The molecule has 18 heteroatoms. The van der Waals surface area contributed by atoms with Gasteiger partial charge >= 0.3 is 0 Å². The first kappa shape index (κ1) is 40.5. The van der Waals surface area contributed by atoms with Crippen LogP contribution in [0.5, 0.6) is 0 Å². The number of pyridine rings is 1. The van der Waals surface area contributed by atoms with Crippen LogP contribution in [0.25, 0.3) is 16.8 Å². The number of anilines is 3. The van der Waals surface area contributed by atoms with Crippen LogP contribution in [0.4, 0.5) is 22.0 Å². The maximum absolute atomic E-state index is 15.8. The topological polar surface area (TPSA) is 191 Å². The molecule has 5 fully saturated rings. The number of nitrogens with one attached hydrogen (secondary N) is 2. The van der Waals surface area contributed by atoms with Crippen LogP contribution in [-0.4, -0.2) is 121 Å². The molecule has 328 valence electrons. The zero-order valence-electron chi connectivity index (χ0n) is 34.8. The molecule has 1 unspecified atom stereocenters. The number of nitrogens with zero attached hydrogens (tertiary/aromatic N) is 8. The van der Waals surface area contributed by atoms with Gasteiger partial charge in [-0.15, -0.1) is 0 Å². The largest absolute Gasteiger partial charge is 0.382 e. The van der Waals surface area contributed by atoms with E-state index in [1.54, 1.807) is 36.7 Å². The lowest BCUT2D eigenvalue weighted by atomic mass is 9.70. The lowest BCUT2D eigenvalue weighted by Gasteiger charge is -2.61. The summed E-state index contributed by atoms with van der Waals surface area (Å²) in [6.45, 7) is 5.92. The van der Waals surface area contributed by atoms with Crippen molar-refractivity contribution in [3.05, 3.63) is 100 Å². The normalized spacial score (nSPS) is 23.5. The average Bonchev–Trinajstić information content (AvgIpc) is 3.73. The summed E-state index contributed by atoms with van der Waals surface area (Å²) in [5.41, 5.74) is 9.53. The quantitative estimate of drug-likeness (QED) is 0.177. The minimum Gasteiger partial charge on any atom is -0.382 e. The second-order valence-electron chi connectivity index (χ2n) is 18.3. The maximum Gasteiger partial charge on any atom is 0.262 e. The highest BCUT2D eigenvalue weighted by molar-refractivity contribution is 6.30. The Morgan fingerprint density at radius 1 is 0.906 bits per heavy atom. The summed E-state index contributed by atoms with van der Waals surface area (Å²) in [4.78, 5) is 85.2. The van der Waals surface area contributed by atoms with E-state index < -0.39 is 35.5 Å². The van der Waals surface area contributed by atoms with Crippen LogP contribution in [0, 0.1) is 17.2 Å². The Bertz CT molecular complexity index is 2790. The number of carbonyl (C=O) groups is 5. The second-order valence-corrected chi connectivity index (χ2v) is 18.8. The number of carbonyl (C=O) groups excluding carboxylic acids is 5. The van der Waals surface area contributed by atoms with Gasteiger partial charge in [-0.05, 0) is 97.9 Å². The molecule has 0 radical (unpaired) electrons. The van der Waals surface area contributed by atoms with E-state index >= 15 is 4.39 Å². The van der Waals surface area contributed by atoms with E-state index in [2.05, 4.69) is 35.3 Å². The van der Waals surface area contributed by atoms with Crippen molar-refractivity contribution in [1.29, 1.82) is 0 Å². The maximum atomic E-state index is 15.8. The fraction of sp³-hybridized carbons (Fsp3) is 0.391. The summed E-state index contributed by atoms with van der Waals surface area (Å²) >= 11 is 6.02. The van der Waals surface area contributed by atoms with Crippen LogP contribution in [0.15, 0.2) is 67.1 Å². The van der Waals surface area contributed by atoms with Crippen LogP contribution in [0.1, 0.15) is 75.2 Å². The number of benzene rings is 2. The molecule has 8 heterocycles. The minimum absolute atomic E-state index is 0.0951. The third-order valence-corrected chi connectivity index (χ3v) is 14.6. The molecule has 64 heavy (non-hydrogen) atoms. The van der Waals surface area contributed by atoms with E-state index in [1.165, 1.54) is 18.3 Å². The van der Waals surface area contributed by atoms with Gasteiger partial charge in [-0.2, -0.15) is 0 Å². The van der Waals surface area contributed by atoms with Gasteiger partial charge in [0.15, 0.2) is 0 Å². The summed E-state index contributed by atoms with van der Waals surface area (Å²) in [6.07, 6.45) is 10.2. The molecule has 1 saturated carbocycles. The highest BCUT2D eigenvalue weighted by Gasteiger charge is 2.51. The van der Waals surface area contributed by atoms with Gasteiger partial charge < -0.3 is 16.0 Å². The number of hydrogen-bond acceptors (Lipinski definition) is 12. The number of aromatic nitrogens is 4. The Labute approximate surface area is 371 Å². The number of imidazole rings is 1. The number of nitrogen functional groups attached to an aromatic ring is 1. The molecule has 5 amide bonds. The van der Waals surface area contributed by atoms with Gasteiger partial charge in [0.05, 0.1) is 11.1 Å². The van der Waals surface area contributed by atoms with Gasteiger partial charge in [0.1, 0.15) is 34.7 Å². The highest BCUT2D eigenvalue weighted by Crippen LogP contribution is 2.45. The van der Waals surface area contributed by atoms with Gasteiger partial charge in [0.2, 0.25) is 17.8 Å². The number of hydrogen-bond donors (Lipinski definition) is 3. The lowest BCUT2D eigenvalue weighted by molar-refractivity contribution is -0.136. The molecule has 6 aliphatic rings. The molecule has 3 aromatic heterocycles. The summed E-state index contributed by atoms with van der Waals surface area (Å²) in [6, 6.07) is 13.0. The third-order valence-electron chi connectivity index (χ3n) is 14.4. The number of likely N-dealkylation sites (tertiary alicyclic amines) is 2. The van der Waals surface area contributed by atoms with E-state index in [9.17, 15) is 24.0 Å². The molecule has 1 atom stereocenters. The van der Waals surface area contributed by atoms with Crippen LogP contribution < -0.4 is 21.3 Å². The number of halogens is 2. The van der Waals surface area contributed by atoms with Crippen molar-refractivity contribution >= 4 is 64.2 Å². The highest BCUT2D eigenvalue weighted by atomic mass is 35.5. The van der Waals surface area contributed by atoms with Crippen LogP contribution in [0.2, 0.25) is 5.02 Å². The molecule has 2 aromatic carbocycles. The molecule has 16 nitrogen and oxygen atoms in total. The predicted molar refractivity (Wildman–Crippen MR) is 234 cm³/mol. The van der Waals surface area contributed by atoms with Crippen molar-refractivity contribution in [2.45, 2.75) is 63.1 Å². The molecule has 0 bridgehead atoms. The van der Waals surface area contributed by atoms with E-state index in [-0.39, 0.29) is 46.9 Å². The van der Waals surface area contributed by atoms with E-state index in [1.807, 2.05) is 16.5 Å². The van der Waals surface area contributed by atoms with Crippen molar-refractivity contribution in [2.24, 2.45) is 11.3 Å². The van der Waals surface area contributed by atoms with Gasteiger partial charge in [-0.1, -0.05) is 17.7 Å². The van der Waals surface area contributed by atoms with Gasteiger partial charge in [-0.25, -0.2) is 19.3 Å². The van der Waals surface area contributed by atoms with Crippen molar-refractivity contribution in [2.75, 3.05) is 55.2 Å². The zero-order valence-corrected chi connectivity index (χ0v) is 35.6. The zero-order chi connectivity index (χ0) is 44.0. The Balaban J connectivity index is 0.663. The number of fused-ring (bicyclic) bond motifs is 2. The molecule has 5 aliphatic heterocycles. The second kappa shape index (κ2) is 15.5. The van der Waals surface area contributed by atoms with Crippen molar-refractivity contribution < 1.29 is 28.4 Å². The standard InChI is InChI=1S/C46H45ClFN11O5/c47-28-7-10-50-36(20-28)52-41(61)27-2-4-32(34(48)19-27)38-39-40(49)51-11-14-58(39)45(54-38)55-12-8-46(9-13-55)23-57(24-46)30-21-56(22-30)29-16-26(17-29)15-25-1-3-31-33(18-25)44(64)59(43(31)63)35-5-6-37(60)53-42(35)62/h1-4,7,10-11,14,18-20,26,29-30,35H,5-6,8-9,12-13,15-17,21-24H2,(H2,49,51)(H,50,52,61)(H,53,60,62). The van der Waals surface area contributed by atoms with Crippen LogP contribution >= 0.6 is 11.6 Å². The summed E-state index contributed by atoms with van der Waals surface area (Å²) in [5, 5.41) is 5.31. The summed E-state index contributed by atoms with van der Waals surface area (Å²) in [5.74, 6) is -1.39. The molecular weight excluding hydrogens is 841 g/mol. The molecule has 1 aliphatic carbocycles. The van der Waals surface area contributed by atoms with Gasteiger partial charge in [0.25, 0.3) is 17.7 Å². The first-order valence-corrected chi connectivity index (χ1v) is 22.2. The number of rotatable bonds is 9. The molecule has 4 N–H and O–H groups in total. The fourth-order valence-electron chi connectivity index (χ4n) is 10.7. The monoisotopic (exact) mass is 885 g/mol. The van der Waals surface area contributed by atoms with Crippen molar-refractivity contribution in [1.82, 2.24) is 39.4 Å². The van der Waals surface area contributed by atoms with Gasteiger partial charge in [0, 0.05) is 92.5 Å². The smallest absolute Gasteiger partial charge is 0.262 e. The number of amides is 5. The SMILES string of the molecule is Nc1nccn2c(N3CCC4(CC3)CN(C3CN(C5CC(Cc6ccc7c(c6)C(=O)N(C6CCC(=O)NC6=O)C7=O)C5)C3)C4)nc(-c3ccc(C(=O)Nc4cc(Cl)ccn4)cc3F)c12. The molecule has 1 spiro atoms. The van der Waals surface area contributed by atoms with Crippen LogP contribution in [-0.2, 0) is 16.0 Å². The van der Waals surface area contributed by atoms with E-state index in [0.29, 0.717) is 51.3 Å². The van der Waals surface area contributed by atoms with Crippen molar-refractivity contribution in [3.63, 3.8) is 0 Å². The van der Waals surface area contributed by atoms with Crippen molar-refractivity contribution in [3.8, 4) is 11.3 Å². The Hall–Kier alpha value is -6.30. The van der Waals surface area contributed by atoms with Gasteiger partial charge in [-0.3, -0.25) is 48.4 Å². The third kappa shape index (κ3) is 6.96. The number of piperidine rings is 2. The first-order valence-electron chi connectivity index (χ1n) is 21.8. The predicted octanol–water partition coefficient (Wildman–Crippen LogP) is 4.43. The first-order chi connectivity index (χ1) is 30.9. The molecule has 5 aromatic rings. The number of imide groups is 2. The summed E-state index contributed by atoms with van der Waals surface area (Å²) in [7, 11) is 0. The fourth-order valence-corrected chi connectivity index (χ4v) is 10.9. The molecular formula is C46H45ClFN11O5. The molecule has 4 saturated heterocycles. The van der Waals surface area contributed by atoms with E-state index in [4.69, 9.17) is 22.3 Å². The number of nitrogens with two attached hydrogens (primary N) is 1. The Morgan fingerprint density at radius 2 is 1.67 bits per heavy atom. The Morgan fingerprint density at radius 3 is 2.42 bits per heavy atom.